The van der Waals surface area contributed by atoms with Crippen LogP contribution < -0.4 is 5.32 Å². The molecule has 2 fully saturated rings. The van der Waals surface area contributed by atoms with Crippen molar-refractivity contribution >= 4 is 17.5 Å². The van der Waals surface area contributed by atoms with Crippen molar-refractivity contribution in [2.75, 3.05) is 0 Å². The zero-order valence-corrected chi connectivity index (χ0v) is 15.7. The molecular formula is C20H24ClN3O2. The van der Waals surface area contributed by atoms with E-state index in [1.165, 1.54) is 0 Å². The van der Waals surface area contributed by atoms with Gasteiger partial charge in [-0.2, -0.15) is 5.10 Å². The van der Waals surface area contributed by atoms with Gasteiger partial charge in [-0.3, -0.25) is 4.79 Å². The summed E-state index contributed by atoms with van der Waals surface area (Å²) in [6.45, 7) is 1.96. The fraction of sp³-hybridized carbons (Fsp3) is 0.500. The van der Waals surface area contributed by atoms with E-state index in [1.54, 1.807) is 6.20 Å². The third kappa shape index (κ3) is 3.38. The molecule has 0 spiro atoms. The number of hydrogen-bond donors (Lipinski definition) is 2. The molecule has 1 aromatic heterocycles. The number of aliphatic hydroxyl groups excluding tert-OH is 1. The molecule has 1 amide bonds. The van der Waals surface area contributed by atoms with Crippen LogP contribution in [-0.2, 0) is 0 Å². The standard InChI is InChI=1S/C20H24ClN3O2/c1-12-6-9-14(10-16(12)21)24-19(13-7-8-13)15(11-22-24)20(26)23-17-4-2-3-5-18(17)25/h6,9-11,13,17-18,25H,2-5,7-8H2,1H3,(H,23,26)/t17-,18-/m1/s1. The maximum atomic E-state index is 12.9. The minimum atomic E-state index is -0.456. The SMILES string of the molecule is Cc1ccc(-n2ncc(C(=O)N[C@@H]3CCCC[C@H]3O)c2C2CC2)cc1Cl. The van der Waals surface area contributed by atoms with Gasteiger partial charge in [-0.1, -0.05) is 30.5 Å². The maximum absolute atomic E-state index is 12.9. The van der Waals surface area contributed by atoms with Crippen molar-refractivity contribution in [3.63, 3.8) is 0 Å². The van der Waals surface area contributed by atoms with Gasteiger partial charge in [-0.05, 0) is 50.3 Å². The lowest BCUT2D eigenvalue weighted by Crippen LogP contribution is -2.45. The van der Waals surface area contributed by atoms with Crippen LogP contribution in [0, 0.1) is 6.92 Å². The summed E-state index contributed by atoms with van der Waals surface area (Å²) in [6, 6.07) is 5.67. The highest BCUT2D eigenvalue weighted by atomic mass is 35.5. The Kier molecular flexibility index (Phi) is 4.76. The van der Waals surface area contributed by atoms with Crippen molar-refractivity contribution in [2.45, 2.75) is 63.5 Å². The summed E-state index contributed by atoms with van der Waals surface area (Å²) in [7, 11) is 0. The first-order valence-electron chi connectivity index (χ1n) is 9.38. The molecule has 0 bridgehead atoms. The summed E-state index contributed by atoms with van der Waals surface area (Å²) < 4.78 is 1.84. The zero-order valence-electron chi connectivity index (χ0n) is 14.9. The van der Waals surface area contributed by atoms with E-state index in [0.29, 0.717) is 16.5 Å². The van der Waals surface area contributed by atoms with Crippen molar-refractivity contribution in [3.05, 3.63) is 46.2 Å². The summed E-state index contributed by atoms with van der Waals surface area (Å²) in [4.78, 5) is 12.9. The van der Waals surface area contributed by atoms with Crippen molar-refractivity contribution in [1.82, 2.24) is 15.1 Å². The van der Waals surface area contributed by atoms with E-state index in [0.717, 1.165) is 55.5 Å². The van der Waals surface area contributed by atoms with Gasteiger partial charge in [0.25, 0.3) is 5.91 Å². The normalized spacial score (nSPS) is 23.0. The van der Waals surface area contributed by atoms with E-state index in [2.05, 4.69) is 10.4 Å². The van der Waals surface area contributed by atoms with E-state index >= 15 is 0 Å². The molecule has 2 aromatic rings. The van der Waals surface area contributed by atoms with Gasteiger partial charge < -0.3 is 10.4 Å². The number of carbonyl (C=O) groups is 1. The molecule has 1 aromatic carbocycles. The van der Waals surface area contributed by atoms with Crippen LogP contribution in [0.25, 0.3) is 5.69 Å². The molecule has 0 aliphatic heterocycles. The van der Waals surface area contributed by atoms with E-state index in [-0.39, 0.29) is 11.9 Å². The summed E-state index contributed by atoms with van der Waals surface area (Å²) >= 11 is 6.28. The number of amides is 1. The molecule has 4 rings (SSSR count). The molecule has 2 aliphatic rings. The van der Waals surface area contributed by atoms with Gasteiger partial charge in [-0.15, -0.1) is 0 Å². The quantitative estimate of drug-likeness (QED) is 0.857. The molecule has 2 saturated carbocycles. The van der Waals surface area contributed by atoms with Gasteiger partial charge >= 0.3 is 0 Å². The van der Waals surface area contributed by atoms with Gasteiger partial charge in [0.05, 0.1) is 35.3 Å². The predicted octanol–water partition coefficient (Wildman–Crippen LogP) is 3.74. The minimum Gasteiger partial charge on any atom is -0.391 e. The molecule has 0 saturated heterocycles. The molecule has 138 valence electrons. The van der Waals surface area contributed by atoms with Crippen LogP contribution in [0.2, 0.25) is 5.02 Å². The fourth-order valence-corrected chi connectivity index (χ4v) is 3.90. The van der Waals surface area contributed by atoms with Crippen molar-refractivity contribution in [3.8, 4) is 5.69 Å². The molecule has 26 heavy (non-hydrogen) atoms. The number of aliphatic hydroxyl groups is 1. The largest absolute Gasteiger partial charge is 0.391 e. The lowest BCUT2D eigenvalue weighted by atomic mass is 9.92. The second-order valence-corrected chi connectivity index (χ2v) is 7.90. The molecule has 5 nitrogen and oxygen atoms in total. The third-order valence-corrected chi connectivity index (χ3v) is 5.87. The third-order valence-electron chi connectivity index (χ3n) is 5.46. The van der Waals surface area contributed by atoms with E-state index in [1.807, 2.05) is 29.8 Å². The van der Waals surface area contributed by atoms with Crippen molar-refractivity contribution < 1.29 is 9.90 Å². The van der Waals surface area contributed by atoms with Crippen molar-refractivity contribution in [2.24, 2.45) is 0 Å². The highest BCUT2D eigenvalue weighted by Gasteiger charge is 2.34. The molecule has 1 heterocycles. The lowest BCUT2D eigenvalue weighted by Gasteiger charge is -2.28. The van der Waals surface area contributed by atoms with Crippen LogP contribution in [0.1, 0.15) is 66.1 Å². The van der Waals surface area contributed by atoms with E-state index in [9.17, 15) is 9.90 Å². The minimum absolute atomic E-state index is 0.137. The number of benzene rings is 1. The summed E-state index contributed by atoms with van der Waals surface area (Å²) in [5, 5.41) is 18.3. The van der Waals surface area contributed by atoms with Crippen LogP contribution in [-0.4, -0.2) is 32.9 Å². The fourth-order valence-electron chi connectivity index (χ4n) is 3.73. The predicted molar refractivity (Wildman–Crippen MR) is 101 cm³/mol. The van der Waals surface area contributed by atoms with Gasteiger partial charge in [0.1, 0.15) is 0 Å². The Balaban J connectivity index is 1.63. The van der Waals surface area contributed by atoms with Crippen LogP contribution in [0.3, 0.4) is 0 Å². The Morgan fingerprint density at radius 1 is 1.27 bits per heavy atom. The zero-order chi connectivity index (χ0) is 18.3. The molecule has 2 aliphatic carbocycles. The number of halogens is 1. The first-order chi connectivity index (χ1) is 12.5. The average molecular weight is 374 g/mol. The number of rotatable bonds is 4. The van der Waals surface area contributed by atoms with Crippen LogP contribution in [0.4, 0.5) is 0 Å². The van der Waals surface area contributed by atoms with E-state index < -0.39 is 6.10 Å². The smallest absolute Gasteiger partial charge is 0.255 e. The Hall–Kier alpha value is -1.85. The summed E-state index contributed by atoms with van der Waals surface area (Å²) in [5.41, 5.74) is 3.45. The Morgan fingerprint density at radius 3 is 2.73 bits per heavy atom. The number of hydrogen-bond acceptors (Lipinski definition) is 3. The Bertz CT molecular complexity index is 828. The molecular weight excluding hydrogens is 350 g/mol. The van der Waals surface area contributed by atoms with Crippen molar-refractivity contribution in [1.29, 1.82) is 0 Å². The first kappa shape index (κ1) is 17.6. The lowest BCUT2D eigenvalue weighted by molar-refractivity contribution is 0.0716. The molecule has 2 N–H and O–H groups in total. The second kappa shape index (κ2) is 7.05. The van der Waals surface area contributed by atoms with Gasteiger partial charge in [0.2, 0.25) is 0 Å². The topological polar surface area (TPSA) is 67.2 Å². The average Bonchev–Trinajstić information content (AvgIpc) is 3.37. The highest BCUT2D eigenvalue weighted by molar-refractivity contribution is 6.31. The Morgan fingerprint density at radius 2 is 2.04 bits per heavy atom. The monoisotopic (exact) mass is 373 g/mol. The van der Waals surface area contributed by atoms with Gasteiger partial charge in [-0.25, -0.2) is 4.68 Å². The molecule has 2 atom stereocenters. The van der Waals surface area contributed by atoms with E-state index in [4.69, 9.17) is 11.6 Å². The van der Waals surface area contributed by atoms with Crippen LogP contribution in [0.5, 0.6) is 0 Å². The molecule has 0 unspecified atom stereocenters. The molecule has 6 heteroatoms. The van der Waals surface area contributed by atoms with Crippen LogP contribution in [0.15, 0.2) is 24.4 Å². The van der Waals surface area contributed by atoms with Crippen LogP contribution >= 0.6 is 11.6 Å². The number of nitrogens with one attached hydrogen (secondary N) is 1. The summed E-state index contributed by atoms with van der Waals surface area (Å²) in [6.07, 6.45) is 6.96. The number of aryl methyl sites for hydroxylation is 1. The summed E-state index contributed by atoms with van der Waals surface area (Å²) in [5.74, 6) is 0.219. The maximum Gasteiger partial charge on any atom is 0.255 e. The van der Waals surface area contributed by atoms with Gasteiger partial charge in [0, 0.05) is 10.9 Å². The number of carbonyl (C=O) groups excluding carboxylic acids is 1. The highest BCUT2D eigenvalue weighted by Crippen LogP contribution is 2.42. The number of nitrogens with zero attached hydrogens (tertiary/aromatic N) is 2. The van der Waals surface area contributed by atoms with Gasteiger partial charge in [0.15, 0.2) is 0 Å². The first-order valence-corrected chi connectivity index (χ1v) is 9.76. The molecule has 0 radical (unpaired) electrons. The second-order valence-electron chi connectivity index (χ2n) is 7.49. The number of aromatic nitrogens is 2. The Labute approximate surface area is 158 Å².